The van der Waals surface area contributed by atoms with E-state index >= 15 is 0 Å². The summed E-state index contributed by atoms with van der Waals surface area (Å²) in [5.74, 6) is 0. The lowest BCUT2D eigenvalue weighted by atomic mass is 10.2. The Kier molecular flexibility index (Phi) is 7.11. The van der Waals surface area contributed by atoms with Crippen LogP contribution in [0.3, 0.4) is 0 Å². The molecule has 1 heterocycles. The van der Waals surface area contributed by atoms with Crippen molar-refractivity contribution in [2.45, 2.75) is 43.8 Å². The Balaban J connectivity index is 2.48. The molecule has 0 aromatic carbocycles. The molecule has 0 aliphatic rings. The van der Waals surface area contributed by atoms with Crippen molar-refractivity contribution in [3.05, 3.63) is 16.3 Å². The van der Waals surface area contributed by atoms with E-state index < -0.39 is 22.6 Å². The molecule has 0 aliphatic carbocycles. The van der Waals surface area contributed by atoms with E-state index in [2.05, 4.69) is 10.0 Å². The van der Waals surface area contributed by atoms with Gasteiger partial charge >= 0.3 is 6.18 Å². The van der Waals surface area contributed by atoms with Crippen LogP contribution in [0.15, 0.2) is 16.3 Å². The molecule has 0 fully saturated rings. The van der Waals surface area contributed by atoms with Crippen molar-refractivity contribution in [1.29, 1.82) is 0 Å². The Labute approximate surface area is 126 Å². The third kappa shape index (κ3) is 6.77. The highest BCUT2D eigenvalue weighted by atomic mass is 32.2. The highest BCUT2D eigenvalue weighted by Gasteiger charge is 2.26. The van der Waals surface area contributed by atoms with E-state index in [1.54, 1.807) is 5.38 Å². The van der Waals surface area contributed by atoms with E-state index in [9.17, 15) is 21.6 Å². The molecule has 0 unspecified atom stereocenters. The van der Waals surface area contributed by atoms with Crippen LogP contribution in [0.25, 0.3) is 0 Å². The zero-order chi connectivity index (χ0) is 15.9. The summed E-state index contributed by atoms with van der Waals surface area (Å²) in [7, 11) is -3.65. The molecule has 1 aromatic heterocycles. The van der Waals surface area contributed by atoms with E-state index in [1.807, 2.05) is 6.92 Å². The molecule has 0 radical (unpaired) electrons. The third-order valence-corrected chi connectivity index (χ3v) is 5.30. The topological polar surface area (TPSA) is 58.2 Å². The SMILES string of the molecule is CCNCc1sccc1S(=O)(=O)NCCCCC(F)(F)F. The van der Waals surface area contributed by atoms with E-state index in [0.29, 0.717) is 11.4 Å². The summed E-state index contributed by atoms with van der Waals surface area (Å²) in [5, 5.41) is 4.73. The maximum atomic E-state index is 12.1. The van der Waals surface area contributed by atoms with Crippen molar-refractivity contribution in [2.24, 2.45) is 0 Å². The molecule has 0 saturated heterocycles. The fourth-order valence-corrected chi connectivity index (χ4v) is 4.16. The maximum absolute atomic E-state index is 12.1. The van der Waals surface area contributed by atoms with Crippen molar-refractivity contribution in [3.8, 4) is 0 Å². The molecule has 2 N–H and O–H groups in total. The van der Waals surface area contributed by atoms with Crippen LogP contribution in [0.5, 0.6) is 0 Å². The van der Waals surface area contributed by atoms with Crippen LogP contribution in [-0.4, -0.2) is 27.7 Å². The largest absolute Gasteiger partial charge is 0.389 e. The predicted octanol–water partition coefficient (Wildman–Crippen LogP) is 2.87. The minimum Gasteiger partial charge on any atom is -0.312 e. The molecule has 21 heavy (non-hydrogen) atoms. The Morgan fingerprint density at radius 1 is 1.29 bits per heavy atom. The van der Waals surface area contributed by atoms with Gasteiger partial charge in [-0.1, -0.05) is 6.92 Å². The minimum atomic E-state index is -4.19. The molecule has 122 valence electrons. The zero-order valence-corrected chi connectivity index (χ0v) is 13.3. The molecule has 4 nitrogen and oxygen atoms in total. The first-order chi connectivity index (χ1) is 9.76. The van der Waals surface area contributed by atoms with Crippen LogP contribution < -0.4 is 10.0 Å². The van der Waals surface area contributed by atoms with Crippen LogP contribution in [0.4, 0.5) is 13.2 Å². The van der Waals surface area contributed by atoms with Gasteiger partial charge in [-0.05, 0) is 30.8 Å². The van der Waals surface area contributed by atoms with Crippen molar-refractivity contribution in [3.63, 3.8) is 0 Å². The lowest BCUT2D eigenvalue weighted by Gasteiger charge is -2.09. The summed E-state index contributed by atoms with van der Waals surface area (Å²) in [6.07, 6.45) is -5.00. The Morgan fingerprint density at radius 2 is 2.00 bits per heavy atom. The second-order valence-electron chi connectivity index (χ2n) is 4.46. The van der Waals surface area contributed by atoms with Gasteiger partial charge in [-0.3, -0.25) is 0 Å². The fourth-order valence-electron chi connectivity index (χ4n) is 1.67. The van der Waals surface area contributed by atoms with Gasteiger partial charge in [-0.2, -0.15) is 13.2 Å². The van der Waals surface area contributed by atoms with E-state index in [0.717, 1.165) is 6.54 Å². The van der Waals surface area contributed by atoms with Gasteiger partial charge in [0.25, 0.3) is 0 Å². The van der Waals surface area contributed by atoms with Gasteiger partial charge < -0.3 is 5.32 Å². The molecular formula is C12H19F3N2O2S2. The predicted molar refractivity (Wildman–Crippen MR) is 76.8 cm³/mol. The number of sulfonamides is 1. The van der Waals surface area contributed by atoms with Crippen LogP contribution in [-0.2, 0) is 16.6 Å². The quantitative estimate of drug-likeness (QED) is 0.677. The summed E-state index contributed by atoms with van der Waals surface area (Å²) >= 11 is 1.33. The summed E-state index contributed by atoms with van der Waals surface area (Å²) in [4.78, 5) is 0.893. The second kappa shape index (κ2) is 8.11. The number of hydrogen-bond donors (Lipinski definition) is 2. The van der Waals surface area contributed by atoms with E-state index in [-0.39, 0.29) is 24.3 Å². The van der Waals surface area contributed by atoms with Crippen molar-refractivity contribution < 1.29 is 21.6 Å². The van der Waals surface area contributed by atoms with Crippen molar-refractivity contribution in [2.75, 3.05) is 13.1 Å². The van der Waals surface area contributed by atoms with Crippen LogP contribution in [0.2, 0.25) is 0 Å². The average Bonchev–Trinajstić information content (AvgIpc) is 2.83. The van der Waals surface area contributed by atoms with Crippen LogP contribution in [0, 0.1) is 0 Å². The molecule has 9 heteroatoms. The molecule has 0 atom stereocenters. The number of unbranched alkanes of at least 4 members (excludes halogenated alkanes) is 1. The van der Waals surface area contributed by atoms with E-state index in [4.69, 9.17) is 0 Å². The van der Waals surface area contributed by atoms with Crippen LogP contribution in [0.1, 0.15) is 31.1 Å². The first-order valence-electron chi connectivity index (χ1n) is 6.60. The van der Waals surface area contributed by atoms with Gasteiger partial charge in [0.1, 0.15) is 0 Å². The lowest BCUT2D eigenvalue weighted by molar-refractivity contribution is -0.135. The summed E-state index contributed by atoms with van der Waals surface area (Å²) in [5.41, 5.74) is 0. The number of alkyl halides is 3. The maximum Gasteiger partial charge on any atom is 0.389 e. The van der Waals surface area contributed by atoms with Gasteiger partial charge in [0.05, 0.1) is 4.90 Å². The average molecular weight is 344 g/mol. The number of hydrogen-bond acceptors (Lipinski definition) is 4. The highest BCUT2D eigenvalue weighted by molar-refractivity contribution is 7.89. The molecule has 1 rings (SSSR count). The van der Waals surface area contributed by atoms with Gasteiger partial charge in [0, 0.05) is 24.4 Å². The van der Waals surface area contributed by atoms with Gasteiger partial charge in [-0.15, -0.1) is 11.3 Å². The van der Waals surface area contributed by atoms with Crippen molar-refractivity contribution >= 4 is 21.4 Å². The first kappa shape index (κ1) is 18.4. The molecule has 0 spiro atoms. The molecule has 0 bridgehead atoms. The Hall–Kier alpha value is -0.640. The Bertz CT molecular complexity index is 527. The first-order valence-corrected chi connectivity index (χ1v) is 8.96. The monoisotopic (exact) mass is 344 g/mol. The smallest absolute Gasteiger partial charge is 0.312 e. The summed E-state index contributed by atoms with van der Waals surface area (Å²) < 4.78 is 62.4. The summed E-state index contributed by atoms with van der Waals surface area (Å²) in [6.45, 7) is 3.11. The molecule has 0 aliphatic heterocycles. The number of nitrogens with one attached hydrogen (secondary N) is 2. The molecule has 0 amide bonds. The van der Waals surface area contributed by atoms with Gasteiger partial charge in [0.15, 0.2) is 0 Å². The highest BCUT2D eigenvalue weighted by Crippen LogP contribution is 2.23. The fraction of sp³-hybridized carbons (Fsp3) is 0.667. The summed E-state index contributed by atoms with van der Waals surface area (Å²) in [6, 6.07) is 1.51. The van der Waals surface area contributed by atoms with Gasteiger partial charge in [-0.25, -0.2) is 13.1 Å². The molecule has 0 saturated carbocycles. The van der Waals surface area contributed by atoms with E-state index in [1.165, 1.54) is 17.4 Å². The van der Waals surface area contributed by atoms with Crippen LogP contribution >= 0.6 is 11.3 Å². The van der Waals surface area contributed by atoms with Crippen molar-refractivity contribution in [1.82, 2.24) is 10.0 Å². The number of halogens is 3. The zero-order valence-electron chi connectivity index (χ0n) is 11.7. The number of thiophene rings is 1. The second-order valence-corrected chi connectivity index (χ2v) is 7.19. The standard InChI is InChI=1S/C12H19F3N2O2S2/c1-2-16-9-10-11(5-8-20-10)21(18,19)17-7-4-3-6-12(13,14)15/h5,8,16-17H,2-4,6-7,9H2,1H3. The number of rotatable bonds is 9. The minimum absolute atomic E-state index is 0.00884. The molecular weight excluding hydrogens is 325 g/mol. The normalized spacial score (nSPS) is 12.8. The molecule has 1 aromatic rings. The van der Waals surface area contributed by atoms with Gasteiger partial charge in [0.2, 0.25) is 10.0 Å². The lowest BCUT2D eigenvalue weighted by Crippen LogP contribution is -2.26. The third-order valence-electron chi connectivity index (χ3n) is 2.71. The Morgan fingerprint density at radius 3 is 2.62 bits per heavy atom.